The summed E-state index contributed by atoms with van der Waals surface area (Å²) in [6, 6.07) is 15.4. The zero-order valence-electron chi connectivity index (χ0n) is 36.4. The van der Waals surface area contributed by atoms with Crippen LogP contribution in [0, 0.1) is 5.82 Å². The highest BCUT2D eigenvalue weighted by Gasteiger charge is 2.45. The van der Waals surface area contributed by atoms with Crippen molar-refractivity contribution in [2.45, 2.75) is 95.9 Å². The van der Waals surface area contributed by atoms with Crippen LogP contribution in [0.25, 0.3) is 10.8 Å². The predicted octanol–water partition coefficient (Wildman–Crippen LogP) is 4.86. The molecule has 0 radical (unpaired) electrons. The van der Waals surface area contributed by atoms with Gasteiger partial charge in [0.1, 0.15) is 11.9 Å². The lowest BCUT2D eigenvalue weighted by Gasteiger charge is -2.35. The maximum absolute atomic E-state index is 14.9. The van der Waals surface area contributed by atoms with Crippen LogP contribution in [0.5, 0.6) is 0 Å². The number of benzene rings is 3. The van der Waals surface area contributed by atoms with E-state index in [1.54, 1.807) is 46.2 Å². The number of halogens is 1. The summed E-state index contributed by atoms with van der Waals surface area (Å²) < 4.78 is 14.9. The van der Waals surface area contributed by atoms with Crippen molar-refractivity contribution in [3.8, 4) is 0 Å². The van der Waals surface area contributed by atoms with Gasteiger partial charge in [0.15, 0.2) is 0 Å². The Kier molecular flexibility index (Phi) is 15.5. The van der Waals surface area contributed by atoms with Crippen LogP contribution in [0.4, 0.5) is 10.1 Å². The molecule has 0 bridgehead atoms. The Hall–Kier alpha value is -6.78. The van der Waals surface area contributed by atoms with Gasteiger partial charge in [-0.15, -0.1) is 0 Å². The third-order valence-corrected chi connectivity index (χ3v) is 12.4. The lowest BCUT2D eigenvalue weighted by Crippen LogP contribution is -2.54. The van der Waals surface area contributed by atoms with Crippen LogP contribution in [0.15, 0.2) is 65.5 Å². The van der Waals surface area contributed by atoms with Gasteiger partial charge < -0.3 is 20.4 Å². The van der Waals surface area contributed by atoms with Crippen LogP contribution in [-0.2, 0) is 25.6 Å². The van der Waals surface area contributed by atoms with E-state index in [0.717, 1.165) is 62.7 Å². The van der Waals surface area contributed by atoms with Crippen molar-refractivity contribution >= 4 is 57.8 Å². The summed E-state index contributed by atoms with van der Waals surface area (Å²) in [4.78, 5) is 105. The monoisotopic (exact) mass is 890 g/mol. The second-order valence-corrected chi connectivity index (χ2v) is 16.8. The molecule has 1 aromatic heterocycles. The lowest BCUT2D eigenvalue weighted by atomic mass is 10.0. The van der Waals surface area contributed by atoms with Gasteiger partial charge in [0.2, 0.25) is 23.6 Å². The van der Waals surface area contributed by atoms with Crippen LogP contribution >= 0.6 is 0 Å². The SMILES string of the molecule is O=C(CCCCCCCCCCCC(=O)N1CCN(C(=O)c2cc(Cc3n[nH]c(=O)c4ccccc34)ccc2F)CC1)NCCNc1cccc2c1C(=O)N(C1CCC(=O)NC1=O)C2=O. The number of aromatic amines is 1. The molecule has 65 heavy (non-hydrogen) atoms. The van der Waals surface area contributed by atoms with E-state index in [-0.39, 0.29) is 46.9 Å². The molecule has 1 unspecified atom stereocenters. The first-order chi connectivity index (χ1) is 31.5. The number of nitrogens with zero attached hydrogens (tertiary/aromatic N) is 4. The molecule has 0 saturated carbocycles. The maximum atomic E-state index is 14.9. The summed E-state index contributed by atoms with van der Waals surface area (Å²) in [5.41, 5.74) is 1.80. The first-order valence-electron chi connectivity index (χ1n) is 22.7. The van der Waals surface area contributed by atoms with E-state index in [2.05, 4.69) is 26.1 Å². The van der Waals surface area contributed by atoms with E-state index in [0.29, 0.717) is 86.2 Å². The molecule has 0 aliphatic carbocycles. The van der Waals surface area contributed by atoms with Crippen LogP contribution < -0.4 is 21.5 Å². The number of carbonyl (C=O) groups excluding carboxylic acids is 7. The number of anilines is 1. The molecule has 1 atom stereocenters. The summed E-state index contributed by atoms with van der Waals surface area (Å²) in [5, 5.41) is 16.1. The molecule has 7 rings (SSSR count). The number of imide groups is 2. The maximum Gasteiger partial charge on any atom is 0.272 e. The van der Waals surface area contributed by atoms with E-state index in [1.165, 1.54) is 12.1 Å². The summed E-state index contributed by atoms with van der Waals surface area (Å²) in [6.07, 6.45) is 10.1. The first kappa shape index (κ1) is 46.2. The van der Waals surface area contributed by atoms with Crippen LogP contribution in [0.3, 0.4) is 0 Å². The Balaban J connectivity index is 0.705. The van der Waals surface area contributed by atoms with Crippen molar-refractivity contribution < 1.29 is 38.0 Å². The zero-order chi connectivity index (χ0) is 45.9. The van der Waals surface area contributed by atoms with Crippen molar-refractivity contribution in [3.05, 3.63) is 105 Å². The normalized spacial score (nSPS) is 16.2. The number of H-pyrrole nitrogens is 1. The first-order valence-corrected chi connectivity index (χ1v) is 22.7. The lowest BCUT2D eigenvalue weighted by molar-refractivity contribution is -0.136. The fraction of sp³-hybridized carbons (Fsp3) is 0.438. The van der Waals surface area contributed by atoms with E-state index in [4.69, 9.17) is 0 Å². The molecule has 17 heteroatoms. The molecule has 342 valence electrons. The Morgan fingerprint density at radius 1 is 0.738 bits per heavy atom. The van der Waals surface area contributed by atoms with Gasteiger partial charge in [-0.05, 0) is 55.2 Å². The zero-order valence-corrected chi connectivity index (χ0v) is 36.4. The average molecular weight is 891 g/mol. The van der Waals surface area contributed by atoms with Crippen molar-refractivity contribution in [3.63, 3.8) is 0 Å². The van der Waals surface area contributed by atoms with Crippen LogP contribution in [0.2, 0.25) is 0 Å². The Morgan fingerprint density at radius 2 is 1.42 bits per heavy atom. The summed E-state index contributed by atoms with van der Waals surface area (Å²) in [6.45, 7) is 2.10. The van der Waals surface area contributed by atoms with E-state index in [9.17, 15) is 42.7 Å². The second kappa shape index (κ2) is 21.7. The smallest absolute Gasteiger partial charge is 0.272 e. The second-order valence-electron chi connectivity index (χ2n) is 16.8. The number of fused-ring (bicyclic) bond motifs is 2. The van der Waals surface area contributed by atoms with Gasteiger partial charge in [0.25, 0.3) is 23.3 Å². The molecule has 0 spiro atoms. The van der Waals surface area contributed by atoms with E-state index >= 15 is 0 Å². The number of amides is 7. The Labute approximate surface area is 375 Å². The molecular formula is C48H55FN8O8. The van der Waals surface area contributed by atoms with Crippen molar-refractivity contribution in [1.29, 1.82) is 0 Å². The number of aromatic nitrogens is 2. The van der Waals surface area contributed by atoms with Gasteiger partial charge in [0.05, 0.1) is 27.8 Å². The minimum Gasteiger partial charge on any atom is -0.383 e. The summed E-state index contributed by atoms with van der Waals surface area (Å²) in [7, 11) is 0. The number of hydrogen-bond donors (Lipinski definition) is 4. The third kappa shape index (κ3) is 11.3. The molecule has 3 aromatic carbocycles. The molecule has 4 heterocycles. The van der Waals surface area contributed by atoms with Crippen LogP contribution in [-0.4, -0.2) is 112 Å². The number of rotatable bonds is 20. The van der Waals surface area contributed by atoms with Gasteiger partial charge in [-0.3, -0.25) is 48.6 Å². The molecule has 4 aromatic rings. The standard InChI is InChI=1S/C48H55FN8O8/c49-36-20-19-31(30-38-32-13-10-11-14-33(32)44(61)54-53-38)29-35(36)46(63)56-27-25-55(26-28-56)42(60)18-9-7-5-3-1-2-4-6-8-17-40(58)51-24-23-50-37-16-12-15-34-43(37)48(65)57(47(34)64)39-21-22-41(59)52-45(39)62/h10-16,19-20,29,39,50H,1-9,17-18,21-28,30H2,(H,51,58)(H,54,61)(H,52,59,62). The molecule has 7 amide bonds. The minimum atomic E-state index is -1.04. The van der Waals surface area contributed by atoms with E-state index in [1.807, 2.05) is 12.1 Å². The summed E-state index contributed by atoms with van der Waals surface area (Å²) in [5.74, 6) is -3.28. The van der Waals surface area contributed by atoms with Gasteiger partial charge in [0, 0.05) is 76.0 Å². The van der Waals surface area contributed by atoms with Crippen molar-refractivity contribution in [2.24, 2.45) is 0 Å². The van der Waals surface area contributed by atoms with Gasteiger partial charge in [-0.1, -0.05) is 75.3 Å². The highest BCUT2D eigenvalue weighted by Crippen LogP contribution is 2.32. The highest BCUT2D eigenvalue weighted by molar-refractivity contribution is 6.25. The molecule has 2 saturated heterocycles. The van der Waals surface area contributed by atoms with Crippen molar-refractivity contribution in [2.75, 3.05) is 44.6 Å². The highest BCUT2D eigenvalue weighted by atomic mass is 19.1. The quantitative estimate of drug-likeness (QED) is 0.0700. The fourth-order valence-electron chi connectivity index (χ4n) is 8.78. The molecule has 4 N–H and O–H groups in total. The number of piperidine rings is 1. The number of piperazine rings is 1. The van der Waals surface area contributed by atoms with E-state index < -0.39 is 41.4 Å². The summed E-state index contributed by atoms with van der Waals surface area (Å²) >= 11 is 0. The minimum absolute atomic E-state index is 0.0275. The Morgan fingerprint density at radius 3 is 2.14 bits per heavy atom. The largest absolute Gasteiger partial charge is 0.383 e. The van der Waals surface area contributed by atoms with Gasteiger partial charge >= 0.3 is 0 Å². The topological polar surface area (TPSA) is 211 Å². The molecule has 3 aliphatic heterocycles. The average Bonchev–Trinajstić information content (AvgIpc) is 3.56. The number of nitrogens with one attached hydrogen (secondary N) is 4. The Bertz CT molecular complexity index is 2520. The molecule has 16 nitrogen and oxygen atoms in total. The third-order valence-electron chi connectivity index (χ3n) is 12.4. The predicted molar refractivity (Wildman–Crippen MR) is 239 cm³/mol. The molecule has 2 fully saturated rings. The number of hydrogen-bond acceptors (Lipinski definition) is 10. The molecule has 3 aliphatic rings. The van der Waals surface area contributed by atoms with Gasteiger partial charge in [-0.25, -0.2) is 9.49 Å². The van der Waals surface area contributed by atoms with Gasteiger partial charge in [-0.2, -0.15) is 5.10 Å². The van der Waals surface area contributed by atoms with Crippen molar-refractivity contribution in [1.82, 2.24) is 35.5 Å². The fourth-order valence-corrected chi connectivity index (χ4v) is 8.78. The number of unbranched alkanes of at least 4 members (excludes halogenated alkanes) is 8. The van der Waals surface area contributed by atoms with Crippen LogP contribution in [0.1, 0.15) is 126 Å². The molecular weight excluding hydrogens is 836 g/mol. The number of carbonyl (C=O) groups is 7.